The number of carbonyl (C=O) groups excluding carboxylic acids is 1. The van der Waals surface area contributed by atoms with Crippen LogP contribution in [-0.4, -0.2) is 29.2 Å². The van der Waals surface area contributed by atoms with Gasteiger partial charge in [0.15, 0.2) is 11.5 Å². The minimum Gasteiger partial charge on any atom is -0.504 e. The van der Waals surface area contributed by atoms with Gasteiger partial charge in [-0.3, -0.25) is 9.59 Å². The number of aromatic hydroxyl groups is 1. The Balaban J connectivity index is 2.66. The molecule has 0 fully saturated rings. The molecule has 6 nitrogen and oxygen atoms in total. The summed E-state index contributed by atoms with van der Waals surface area (Å²) in [6.07, 6.45) is 0.236. The first-order valence-corrected chi connectivity index (χ1v) is 5.86. The Kier molecular flexibility index (Phi) is 5.17. The van der Waals surface area contributed by atoms with Crippen LogP contribution in [0.1, 0.15) is 18.9 Å². The number of ether oxygens (including phenoxy) is 1. The third kappa shape index (κ3) is 3.87. The van der Waals surface area contributed by atoms with Gasteiger partial charge in [0.2, 0.25) is 5.91 Å². The van der Waals surface area contributed by atoms with Crippen LogP contribution >= 0.6 is 0 Å². The minimum absolute atomic E-state index is 0.00884. The largest absolute Gasteiger partial charge is 0.504 e. The fraction of sp³-hybridized carbons (Fsp3) is 0.385. The molecule has 1 aromatic rings. The van der Waals surface area contributed by atoms with Gasteiger partial charge in [-0.15, -0.1) is 0 Å². The van der Waals surface area contributed by atoms with E-state index in [4.69, 9.17) is 9.84 Å². The fourth-order valence-electron chi connectivity index (χ4n) is 1.62. The van der Waals surface area contributed by atoms with E-state index in [1.807, 2.05) is 0 Å². The molecule has 1 amide bonds. The average molecular weight is 267 g/mol. The maximum absolute atomic E-state index is 11.6. The summed E-state index contributed by atoms with van der Waals surface area (Å²) in [7, 11) is 1.43. The van der Waals surface area contributed by atoms with Crippen molar-refractivity contribution in [2.24, 2.45) is 5.92 Å². The van der Waals surface area contributed by atoms with E-state index in [-0.39, 0.29) is 18.7 Å². The molecule has 1 atom stereocenters. The van der Waals surface area contributed by atoms with Crippen LogP contribution in [0.25, 0.3) is 0 Å². The number of hydrogen-bond donors (Lipinski definition) is 3. The highest BCUT2D eigenvalue weighted by molar-refractivity contribution is 5.96. The summed E-state index contributed by atoms with van der Waals surface area (Å²) in [5.74, 6) is -2.39. The molecule has 0 aromatic heterocycles. The van der Waals surface area contributed by atoms with Gasteiger partial charge in [0.05, 0.1) is 7.11 Å². The van der Waals surface area contributed by atoms with Crippen LogP contribution in [0.3, 0.4) is 0 Å². The van der Waals surface area contributed by atoms with Gasteiger partial charge in [0.25, 0.3) is 0 Å². The predicted molar refractivity (Wildman–Crippen MR) is 67.9 cm³/mol. The molecule has 0 saturated carbocycles. The second kappa shape index (κ2) is 6.63. The first-order valence-electron chi connectivity index (χ1n) is 5.86. The molecule has 6 heteroatoms. The average Bonchev–Trinajstić information content (AvgIpc) is 2.38. The number of amides is 1. The van der Waals surface area contributed by atoms with E-state index in [2.05, 4.69) is 5.32 Å². The Morgan fingerprint density at radius 2 is 2.11 bits per heavy atom. The molecule has 0 aliphatic rings. The molecule has 0 heterocycles. The number of carboxylic acid groups (broad SMARTS) is 1. The summed E-state index contributed by atoms with van der Waals surface area (Å²) in [6, 6.07) is 4.66. The quantitative estimate of drug-likeness (QED) is 0.671. The van der Waals surface area contributed by atoms with Gasteiger partial charge < -0.3 is 20.3 Å². The highest BCUT2D eigenvalue weighted by atomic mass is 16.5. The number of nitrogens with one attached hydrogen (secondary N) is 1. The van der Waals surface area contributed by atoms with Crippen molar-refractivity contribution in [1.82, 2.24) is 5.32 Å². The van der Waals surface area contributed by atoms with E-state index < -0.39 is 17.8 Å². The maximum atomic E-state index is 11.6. The number of benzene rings is 1. The van der Waals surface area contributed by atoms with Gasteiger partial charge >= 0.3 is 5.97 Å². The topological polar surface area (TPSA) is 95.9 Å². The number of phenols is 1. The van der Waals surface area contributed by atoms with E-state index in [1.54, 1.807) is 19.1 Å². The maximum Gasteiger partial charge on any atom is 0.316 e. The van der Waals surface area contributed by atoms with Gasteiger partial charge in [0, 0.05) is 6.54 Å². The minimum atomic E-state index is -1.14. The molecular formula is C13H17NO5. The zero-order valence-corrected chi connectivity index (χ0v) is 10.8. The monoisotopic (exact) mass is 267 g/mol. The highest BCUT2D eigenvalue weighted by Crippen LogP contribution is 2.26. The summed E-state index contributed by atoms with van der Waals surface area (Å²) in [5.41, 5.74) is 0.711. The summed E-state index contributed by atoms with van der Waals surface area (Å²) in [4.78, 5) is 22.5. The van der Waals surface area contributed by atoms with Crippen molar-refractivity contribution in [1.29, 1.82) is 0 Å². The van der Waals surface area contributed by atoms with Crippen LogP contribution in [0, 0.1) is 5.92 Å². The van der Waals surface area contributed by atoms with Crippen molar-refractivity contribution in [2.75, 3.05) is 7.11 Å². The first-order chi connectivity index (χ1) is 8.99. The molecule has 0 spiro atoms. The second-order valence-corrected chi connectivity index (χ2v) is 4.02. The molecule has 0 aliphatic carbocycles. The lowest BCUT2D eigenvalue weighted by molar-refractivity contribution is -0.147. The SMILES string of the molecule is CCC(C(=O)O)C(=O)NCc1ccc(O)c(OC)c1. The number of carbonyl (C=O) groups is 2. The lowest BCUT2D eigenvalue weighted by Gasteiger charge is -2.11. The zero-order chi connectivity index (χ0) is 14.4. The Bertz CT molecular complexity index is 472. The number of rotatable bonds is 6. The standard InChI is InChI=1S/C13H17NO5/c1-3-9(13(17)18)12(16)14-7-8-4-5-10(15)11(6-8)19-2/h4-6,9,15H,3,7H2,1-2H3,(H,14,16)(H,17,18). The number of hydrogen-bond acceptors (Lipinski definition) is 4. The molecule has 1 unspecified atom stereocenters. The normalized spacial score (nSPS) is 11.7. The van der Waals surface area contributed by atoms with Crippen LogP contribution < -0.4 is 10.1 Å². The molecule has 0 saturated heterocycles. The zero-order valence-electron chi connectivity index (χ0n) is 10.8. The van der Waals surface area contributed by atoms with Crippen LogP contribution in [0.5, 0.6) is 11.5 Å². The van der Waals surface area contributed by atoms with Gasteiger partial charge in [-0.2, -0.15) is 0 Å². The van der Waals surface area contributed by atoms with Crippen molar-refractivity contribution >= 4 is 11.9 Å². The number of carboxylic acids is 1. The molecule has 1 rings (SSSR count). The molecule has 1 aromatic carbocycles. The van der Waals surface area contributed by atoms with E-state index >= 15 is 0 Å². The Hall–Kier alpha value is -2.24. The predicted octanol–water partition coefficient (Wildman–Crippen LogP) is 1.13. The third-order valence-electron chi connectivity index (χ3n) is 2.73. The highest BCUT2D eigenvalue weighted by Gasteiger charge is 2.23. The molecule has 19 heavy (non-hydrogen) atoms. The molecule has 0 radical (unpaired) electrons. The lowest BCUT2D eigenvalue weighted by Crippen LogP contribution is -2.34. The van der Waals surface area contributed by atoms with E-state index in [1.165, 1.54) is 13.2 Å². The summed E-state index contributed by atoms with van der Waals surface area (Å²) < 4.78 is 4.94. The first kappa shape index (κ1) is 14.8. The molecular weight excluding hydrogens is 250 g/mol. The van der Waals surface area contributed by atoms with Crippen molar-refractivity contribution in [3.8, 4) is 11.5 Å². The van der Waals surface area contributed by atoms with E-state index in [9.17, 15) is 14.7 Å². The fourth-order valence-corrected chi connectivity index (χ4v) is 1.62. The van der Waals surface area contributed by atoms with Gasteiger partial charge in [-0.05, 0) is 24.1 Å². The third-order valence-corrected chi connectivity index (χ3v) is 2.73. The Morgan fingerprint density at radius 1 is 1.42 bits per heavy atom. The van der Waals surface area contributed by atoms with Crippen LogP contribution in [-0.2, 0) is 16.1 Å². The van der Waals surface area contributed by atoms with Crippen LogP contribution in [0.2, 0.25) is 0 Å². The van der Waals surface area contributed by atoms with Crippen molar-refractivity contribution in [2.45, 2.75) is 19.9 Å². The van der Waals surface area contributed by atoms with Crippen molar-refractivity contribution in [3.63, 3.8) is 0 Å². The number of phenolic OH excluding ortho intramolecular Hbond substituents is 1. The van der Waals surface area contributed by atoms with Crippen molar-refractivity contribution < 1.29 is 24.5 Å². The summed E-state index contributed by atoms with van der Waals surface area (Å²) in [5, 5.41) is 20.8. The lowest BCUT2D eigenvalue weighted by atomic mass is 10.1. The van der Waals surface area contributed by atoms with Gasteiger partial charge in [-0.25, -0.2) is 0 Å². The number of aliphatic carboxylic acids is 1. The van der Waals surface area contributed by atoms with E-state index in [0.717, 1.165) is 0 Å². The number of methoxy groups -OCH3 is 1. The van der Waals surface area contributed by atoms with Gasteiger partial charge in [-0.1, -0.05) is 13.0 Å². The Labute approximate surface area is 111 Å². The second-order valence-electron chi connectivity index (χ2n) is 4.02. The van der Waals surface area contributed by atoms with Gasteiger partial charge in [0.1, 0.15) is 5.92 Å². The molecule has 3 N–H and O–H groups in total. The van der Waals surface area contributed by atoms with Crippen molar-refractivity contribution in [3.05, 3.63) is 23.8 Å². The smallest absolute Gasteiger partial charge is 0.316 e. The van der Waals surface area contributed by atoms with Crippen LogP contribution in [0.15, 0.2) is 18.2 Å². The summed E-state index contributed by atoms with van der Waals surface area (Å²) in [6.45, 7) is 1.82. The summed E-state index contributed by atoms with van der Waals surface area (Å²) >= 11 is 0. The molecule has 0 aliphatic heterocycles. The molecule has 104 valence electrons. The van der Waals surface area contributed by atoms with E-state index in [0.29, 0.717) is 11.3 Å². The van der Waals surface area contributed by atoms with Crippen LogP contribution in [0.4, 0.5) is 0 Å². The Morgan fingerprint density at radius 3 is 2.63 bits per heavy atom. The molecule has 0 bridgehead atoms.